The Balaban J connectivity index is 2.87. The van der Waals surface area contributed by atoms with Crippen LogP contribution in [-0.2, 0) is 9.53 Å². The number of ether oxygens (including phenoxy) is 1. The molecule has 1 unspecified atom stereocenters. The van der Waals surface area contributed by atoms with Gasteiger partial charge in [-0.3, -0.25) is 9.69 Å². The summed E-state index contributed by atoms with van der Waals surface area (Å²) in [6, 6.07) is 1.22. The van der Waals surface area contributed by atoms with E-state index in [1.165, 1.54) is 32.1 Å². The SMILES string of the molecule is CC(C)N(C(C)C)C(CC(=O)OC(C)(C)C)C1CCCCC1. The maximum Gasteiger partial charge on any atom is 0.307 e. The zero-order valence-corrected chi connectivity index (χ0v) is 15.8. The van der Waals surface area contributed by atoms with Gasteiger partial charge in [0.25, 0.3) is 0 Å². The van der Waals surface area contributed by atoms with Gasteiger partial charge in [-0.2, -0.15) is 0 Å². The number of esters is 1. The average Bonchev–Trinajstić information content (AvgIpc) is 2.35. The number of rotatable bonds is 6. The van der Waals surface area contributed by atoms with Crippen molar-refractivity contribution in [3.8, 4) is 0 Å². The quantitative estimate of drug-likeness (QED) is 0.661. The number of carbonyl (C=O) groups excluding carboxylic acids is 1. The van der Waals surface area contributed by atoms with Crippen LogP contribution in [0.1, 0.15) is 87.0 Å². The average molecular weight is 312 g/mol. The van der Waals surface area contributed by atoms with Crippen LogP contribution in [0.15, 0.2) is 0 Å². The molecule has 1 rings (SSSR count). The second-order valence-corrected chi connectivity index (χ2v) is 8.39. The summed E-state index contributed by atoms with van der Waals surface area (Å²) in [6.07, 6.45) is 6.99. The van der Waals surface area contributed by atoms with E-state index in [9.17, 15) is 4.79 Å². The van der Waals surface area contributed by atoms with Crippen LogP contribution in [0.2, 0.25) is 0 Å². The summed E-state index contributed by atoms with van der Waals surface area (Å²) < 4.78 is 5.60. The fraction of sp³-hybridized carbons (Fsp3) is 0.947. The molecule has 0 N–H and O–H groups in total. The third-order valence-corrected chi connectivity index (χ3v) is 4.57. The minimum atomic E-state index is -0.394. The molecule has 0 amide bonds. The van der Waals surface area contributed by atoms with E-state index in [2.05, 4.69) is 32.6 Å². The first kappa shape index (κ1) is 19.5. The highest BCUT2D eigenvalue weighted by atomic mass is 16.6. The van der Waals surface area contributed by atoms with Crippen LogP contribution in [-0.4, -0.2) is 34.6 Å². The van der Waals surface area contributed by atoms with Gasteiger partial charge in [0.15, 0.2) is 0 Å². The van der Waals surface area contributed by atoms with E-state index >= 15 is 0 Å². The van der Waals surface area contributed by atoms with E-state index in [0.717, 1.165) is 0 Å². The van der Waals surface area contributed by atoms with E-state index in [0.29, 0.717) is 30.5 Å². The molecule has 0 aromatic carbocycles. The van der Waals surface area contributed by atoms with Crippen LogP contribution >= 0.6 is 0 Å². The Morgan fingerprint density at radius 3 is 1.95 bits per heavy atom. The molecule has 0 heterocycles. The lowest BCUT2D eigenvalue weighted by Gasteiger charge is -2.43. The Morgan fingerprint density at radius 2 is 1.55 bits per heavy atom. The largest absolute Gasteiger partial charge is 0.460 e. The third kappa shape index (κ3) is 6.28. The van der Waals surface area contributed by atoms with Crippen molar-refractivity contribution in [1.29, 1.82) is 0 Å². The van der Waals surface area contributed by atoms with Gasteiger partial charge in [0, 0.05) is 18.1 Å². The van der Waals surface area contributed by atoms with Crippen LogP contribution in [0.25, 0.3) is 0 Å². The van der Waals surface area contributed by atoms with E-state index in [4.69, 9.17) is 4.74 Å². The van der Waals surface area contributed by atoms with Gasteiger partial charge >= 0.3 is 5.97 Å². The fourth-order valence-electron chi connectivity index (χ4n) is 3.95. The highest BCUT2D eigenvalue weighted by molar-refractivity contribution is 5.70. The molecular formula is C19H37NO2. The minimum absolute atomic E-state index is 0.0469. The highest BCUT2D eigenvalue weighted by Crippen LogP contribution is 2.33. The van der Waals surface area contributed by atoms with Gasteiger partial charge in [0.05, 0.1) is 6.42 Å². The summed E-state index contributed by atoms with van der Waals surface area (Å²) in [5.74, 6) is 0.584. The summed E-state index contributed by atoms with van der Waals surface area (Å²) in [6.45, 7) is 14.8. The van der Waals surface area contributed by atoms with Crippen LogP contribution in [0, 0.1) is 5.92 Å². The molecule has 0 radical (unpaired) electrons. The topological polar surface area (TPSA) is 29.5 Å². The molecule has 0 bridgehead atoms. The Bertz CT molecular complexity index is 330. The molecule has 22 heavy (non-hydrogen) atoms. The molecule has 0 saturated heterocycles. The Labute approximate surface area is 137 Å². The van der Waals surface area contributed by atoms with Crippen LogP contribution in [0.3, 0.4) is 0 Å². The highest BCUT2D eigenvalue weighted by Gasteiger charge is 2.34. The predicted molar refractivity (Wildman–Crippen MR) is 92.9 cm³/mol. The molecule has 0 aliphatic heterocycles. The number of carbonyl (C=O) groups is 1. The normalized spacial score (nSPS) is 19.0. The van der Waals surface area contributed by atoms with Gasteiger partial charge < -0.3 is 4.74 Å². The van der Waals surface area contributed by atoms with Gasteiger partial charge in [-0.05, 0) is 67.2 Å². The molecule has 0 aromatic heterocycles. The number of nitrogens with zero attached hydrogens (tertiary/aromatic N) is 1. The van der Waals surface area contributed by atoms with Gasteiger partial charge in [-0.1, -0.05) is 19.3 Å². The summed E-state index contributed by atoms with van der Waals surface area (Å²) in [4.78, 5) is 14.9. The summed E-state index contributed by atoms with van der Waals surface area (Å²) in [7, 11) is 0. The van der Waals surface area contributed by atoms with Crippen molar-refractivity contribution in [1.82, 2.24) is 4.90 Å². The van der Waals surface area contributed by atoms with Crippen molar-refractivity contribution in [3.63, 3.8) is 0 Å². The second-order valence-electron chi connectivity index (χ2n) is 8.39. The molecule has 1 saturated carbocycles. The summed E-state index contributed by atoms with van der Waals surface area (Å²) in [5.41, 5.74) is -0.394. The summed E-state index contributed by atoms with van der Waals surface area (Å²) >= 11 is 0. The maximum absolute atomic E-state index is 12.4. The lowest BCUT2D eigenvalue weighted by Crippen LogP contribution is -2.50. The Hall–Kier alpha value is -0.570. The maximum atomic E-state index is 12.4. The van der Waals surface area contributed by atoms with Crippen molar-refractivity contribution in [3.05, 3.63) is 0 Å². The van der Waals surface area contributed by atoms with Crippen LogP contribution < -0.4 is 0 Å². The molecular weight excluding hydrogens is 274 g/mol. The minimum Gasteiger partial charge on any atom is -0.460 e. The van der Waals surface area contributed by atoms with Gasteiger partial charge in [-0.25, -0.2) is 0 Å². The van der Waals surface area contributed by atoms with Crippen molar-refractivity contribution >= 4 is 5.97 Å². The number of hydrogen-bond acceptors (Lipinski definition) is 3. The van der Waals surface area contributed by atoms with Gasteiger partial charge in [-0.15, -0.1) is 0 Å². The zero-order chi connectivity index (χ0) is 16.9. The Morgan fingerprint density at radius 1 is 1.05 bits per heavy atom. The lowest BCUT2D eigenvalue weighted by atomic mass is 9.81. The van der Waals surface area contributed by atoms with E-state index in [1.54, 1.807) is 0 Å². The first-order chi connectivity index (χ1) is 10.1. The fourth-order valence-corrected chi connectivity index (χ4v) is 3.95. The van der Waals surface area contributed by atoms with E-state index < -0.39 is 5.60 Å². The van der Waals surface area contributed by atoms with E-state index in [1.807, 2.05) is 20.8 Å². The molecule has 1 fully saturated rings. The van der Waals surface area contributed by atoms with Crippen LogP contribution in [0.5, 0.6) is 0 Å². The molecule has 3 heteroatoms. The molecule has 1 atom stereocenters. The van der Waals surface area contributed by atoms with Crippen molar-refractivity contribution in [2.45, 2.75) is 111 Å². The second kappa shape index (κ2) is 8.33. The van der Waals surface area contributed by atoms with Crippen LogP contribution in [0.4, 0.5) is 0 Å². The lowest BCUT2D eigenvalue weighted by molar-refractivity contribution is -0.157. The zero-order valence-electron chi connectivity index (χ0n) is 15.8. The Kier molecular flexibility index (Phi) is 7.37. The number of hydrogen-bond donors (Lipinski definition) is 0. The van der Waals surface area contributed by atoms with E-state index in [-0.39, 0.29) is 5.97 Å². The monoisotopic (exact) mass is 311 g/mol. The third-order valence-electron chi connectivity index (χ3n) is 4.57. The summed E-state index contributed by atoms with van der Waals surface area (Å²) in [5, 5.41) is 0. The van der Waals surface area contributed by atoms with Gasteiger partial charge in [0.1, 0.15) is 5.60 Å². The van der Waals surface area contributed by atoms with Gasteiger partial charge in [0.2, 0.25) is 0 Å². The smallest absolute Gasteiger partial charge is 0.307 e. The molecule has 1 aliphatic rings. The molecule has 0 spiro atoms. The first-order valence-corrected chi connectivity index (χ1v) is 9.11. The molecule has 3 nitrogen and oxygen atoms in total. The first-order valence-electron chi connectivity index (χ1n) is 9.11. The predicted octanol–water partition coefficient (Wildman–Crippen LogP) is 4.79. The van der Waals surface area contributed by atoms with Crippen molar-refractivity contribution in [2.24, 2.45) is 5.92 Å². The van der Waals surface area contributed by atoms with Crippen molar-refractivity contribution < 1.29 is 9.53 Å². The van der Waals surface area contributed by atoms with Crippen molar-refractivity contribution in [2.75, 3.05) is 0 Å². The molecule has 130 valence electrons. The molecule has 1 aliphatic carbocycles. The molecule has 0 aromatic rings. The standard InChI is InChI=1S/C19H37NO2/c1-14(2)20(15(3)4)17(16-11-9-8-10-12-16)13-18(21)22-19(5,6)7/h14-17H,8-13H2,1-7H3.